The van der Waals surface area contributed by atoms with Crippen molar-refractivity contribution in [2.24, 2.45) is 5.92 Å². The average Bonchev–Trinajstić information content (AvgIpc) is 3.34. The molecule has 3 unspecified atom stereocenters. The summed E-state index contributed by atoms with van der Waals surface area (Å²) in [4.78, 5) is 30.1. The first kappa shape index (κ1) is 26.7. The lowest BCUT2D eigenvalue weighted by atomic mass is 9.91. The number of nitrogens with one attached hydrogen (secondary N) is 1. The van der Waals surface area contributed by atoms with E-state index < -0.39 is 18.0 Å². The van der Waals surface area contributed by atoms with E-state index in [9.17, 15) is 14.7 Å². The van der Waals surface area contributed by atoms with Gasteiger partial charge >= 0.3 is 0 Å². The van der Waals surface area contributed by atoms with Gasteiger partial charge in [-0.05, 0) is 36.0 Å². The summed E-state index contributed by atoms with van der Waals surface area (Å²) in [7, 11) is 3.69. The molecule has 2 amide bonds. The van der Waals surface area contributed by atoms with Crippen LogP contribution in [0.4, 0.5) is 0 Å². The monoisotopic (exact) mass is 528 g/mol. The number of likely N-dealkylation sites (tertiary alicyclic amines) is 1. The zero-order valence-electron chi connectivity index (χ0n) is 21.5. The molecule has 10 nitrogen and oxygen atoms in total. The first-order valence-corrected chi connectivity index (χ1v) is 12.7. The molecule has 1 aliphatic rings. The van der Waals surface area contributed by atoms with E-state index in [1.807, 2.05) is 52.2 Å². The maximum atomic E-state index is 13.6. The van der Waals surface area contributed by atoms with Crippen LogP contribution >= 0.6 is 11.6 Å². The standard InChI is InChI=1S/C26H33ClN6O4/c1-16(2)23(22-14-33(37-22)31(3)4)26(36)32-13-5-6-21(32)25(35)29-20(15-34)18-9-7-17(8-10-18)19-11-12-28-30-24(19)27/h7-12,14,16,20-21,23,34H,5-6,13,15H2,1-4H3,(H,29,35). The van der Waals surface area contributed by atoms with Crippen molar-refractivity contribution in [3.05, 3.63) is 59.2 Å². The molecule has 0 spiro atoms. The molecule has 2 N–H and O–H groups in total. The third kappa shape index (κ3) is 5.65. The zero-order chi connectivity index (χ0) is 26.7. The topological polar surface area (TPSA) is 117 Å². The Morgan fingerprint density at radius 2 is 1.95 bits per heavy atom. The van der Waals surface area contributed by atoms with E-state index in [-0.39, 0.29) is 24.3 Å². The minimum Gasteiger partial charge on any atom is -0.394 e. The van der Waals surface area contributed by atoms with E-state index in [0.717, 1.165) is 23.1 Å². The Hall–Kier alpha value is -3.37. The van der Waals surface area contributed by atoms with Crippen LogP contribution in [-0.4, -0.2) is 70.2 Å². The highest BCUT2D eigenvalue weighted by Gasteiger charge is 2.41. The number of carbonyl (C=O) groups excluding carboxylic acids is 2. The minimum atomic E-state index is -0.614. The molecule has 0 saturated carbocycles. The summed E-state index contributed by atoms with van der Waals surface area (Å²) in [5.41, 5.74) is 2.33. The van der Waals surface area contributed by atoms with Crippen LogP contribution in [-0.2, 0) is 9.59 Å². The third-order valence-corrected chi connectivity index (χ3v) is 6.99. The van der Waals surface area contributed by atoms with Crippen molar-refractivity contribution in [1.82, 2.24) is 25.3 Å². The molecule has 198 valence electrons. The zero-order valence-corrected chi connectivity index (χ0v) is 22.2. The summed E-state index contributed by atoms with van der Waals surface area (Å²) in [6.45, 7) is 4.16. The van der Waals surface area contributed by atoms with E-state index in [1.165, 1.54) is 0 Å². The third-order valence-electron chi connectivity index (χ3n) is 6.71. The minimum absolute atomic E-state index is 0.000164. The Kier molecular flexibility index (Phi) is 8.19. The lowest BCUT2D eigenvalue weighted by molar-refractivity contribution is -0.141. The predicted molar refractivity (Wildman–Crippen MR) is 140 cm³/mol. The molecule has 0 bridgehead atoms. The molecule has 0 aliphatic carbocycles. The van der Waals surface area contributed by atoms with E-state index in [1.54, 1.807) is 33.2 Å². The van der Waals surface area contributed by atoms with Crippen molar-refractivity contribution in [1.29, 1.82) is 0 Å². The van der Waals surface area contributed by atoms with Crippen LogP contribution in [0.3, 0.4) is 0 Å². The summed E-state index contributed by atoms with van der Waals surface area (Å²) < 4.78 is 5.71. The SMILES string of the molecule is CC(C)C(C(=O)N1CCCC1C(=O)NC(CO)c1ccc(-c2ccnnc2Cl)cc1)c1cn(N(C)C)o1. The number of amides is 2. The van der Waals surface area contributed by atoms with Crippen molar-refractivity contribution >= 4 is 23.4 Å². The molecule has 0 radical (unpaired) electrons. The van der Waals surface area contributed by atoms with Gasteiger partial charge in [0.15, 0.2) is 10.9 Å². The van der Waals surface area contributed by atoms with Crippen molar-refractivity contribution in [3.8, 4) is 11.1 Å². The molecule has 1 fully saturated rings. The fourth-order valence-electron chi connectivity index (χ4n) is 4.70. The fourth-order valence-corrected chi connectivity index (χ4v) is 4.91. The van der Waals surface area contributed by atoms with Crippen molar-refractivity contribution in [2.75, 3.05) is 32.3 Å². The van der Waals surface area contributed by atoms with Gasteiger partial charge in [0.2, 0.25) is 11.8 Å². The highest BCUT2D eigenvalue weighted by atomic mass is 35.5. The lowest BCUT2D eigenvalue weighted by Gasteiger charge is -2.32. The molecule has 3 heterocycles. The van der Waals surface area contributed by atoms with E-state index in [4.69, 9.17) is 16.1 Å². The average molecular weight is 529 g/mol. The van der Waals surface area contributed by atoms with Gasteiger partial charge in [0, 0.05) is 26.2 Å². The summed E-state index contributed by atoms with van der Waals surface area (Å²) >= 11 is 6.15. The summed E-state index contributed by atoms with van der Waals surface area (Å²) in [6, 6.07) is 7.93. The fraction of sp³-hybridized carbons (Fsp3) is 0.462. The van der Waals surface area contributed by atoms with Gasteiger partial charge in [-0.2, -0.15) is 5.10 Å². The molecule has 11 heteroatoms. The molecular formula is C26H33ClN6O4. The van der Waals surface area contributed by atoms with Crippen LogP contribution in [0.2, 0.25) is 5.15 Å². The van der Waals surface area contributed by atoms with Crippen LogP contribution in [0, 0.1) is 5.92 Å². The number of hydrogen-bond acceptors (Lipinski definition) is 7. The number of aliphatic hydroxyl groups excluding tert-OH is 1. The van der Waals surface area contributed by atoms with Crippen LogP contribution in [0.1, 0.15) is 50.0 Å². The van der Waals surface area contributed by atoms with Gasteiger partial charge in [0.05, 0.1) is 18.8 Å². The maximum absolute atomic E-state index is 13.6. The van der Waals surface area contributed by atoms with Gasteiger partial charge in [0.25, 0.3) is 0 Å². The number of hydrogen-bond donors (Lipinski definition) is 2. The molecule has 1 aliphatic heterocycles. The van der Waals surface area contributed by atoms with E-state index in [0.29, 0.717) is 23.9 Å². The highest BCUT2D eigenvalue weighted by Crippen LogP contribution is 2.32. The molecule has 2 aromatic heterocycles. The second-order valence-corrected chi connectivity index (χ2v) is 10.1. The second kappa shape index (κ2) is 11.4. The molecular weight excluding hydrogens is 496 g/mol. The first-order chi connectivity index (χ1) is 17.7. The Morgan fingerprint density at radius 1 is 1.24 bits per heavy atom. The number of benzene rings is 1. The second-order valence-electron chi connectivity index (χ2n) is 9.79. The summed E-state index contributed by atoms with van der Waals surface area (Å²) in [5, 5.41) is 22.7. The van der Waals surface area contributed by atoms with Gasteiger partial charge in [-0.1, -0.05) is 49.7 Å². The predicted octanol–water partition coefficient (Wildman–Crippen LogP) is 2.97. The van der Waals surface area contributed by atoms with Gasteiger partial charge in [0.1, 0.15) is 18.2 Å². The molecule has 3 aromatic rings. The van der Waals surface area contributed by atoms with Gasteiger partial charge in [-0.3, -0.25) is 14.6 Å². The van der Waals surface area contributed by atoms with E-state index in [2.05, 4.69) is 15.5 Å². The number of aromatic nitrogens is 3. The summed E-state index contributed by atoms with van der Waals surface area (Å²) in [6.07, 6.45) is 4.67. The Bertz CT molecular complexity index is 1210. The van der Waals surface area contributed by atoms with Gasteiger partial charge in [-0.25, -0.2) is 0 Å². The van der Waals surface area contributed by atoms with Crippen molar-refractivity contribution < 1.29 is 19.2 Å². The van der Waals surface area contributed by atoms with Crippen LogP contribution in [0.25, 0.3) is 11.1 Å². The maximum Gasteiger partial charge on any atom is 0.243 e. The van der Waals surface area contributed by atoms with Gasteiger partial charge < -0.3 is 19.8 Å². The normalized spacial score (nSPS) is 17.2. The number of halogens is 1. The Morgan fingerprint density at radius 3 is 2.54 bits per heavy atom. The number of rotatable bonds is 9. The quantitative estimate of drug-likeness (QED) is 0.438. The largest absolute Gasteiger partial charge is 0.394 e. The number of aliphatic hydroxyl groups is 1. The van der Waals surface area contributed by atoms with E-state index >= 15 is 0 Å². The van der Waals surface area contributed by atoms with Crippen molar-refractivity contribution in [3.63, 3.8) is 0 Å². The molecule has 1 saturated heterocycles. The van der Waals surface area contributed by atoms with Gasteiger partial charge in [-0.15, -0.1) is 9.95 Å². The van der Waals surface area contributed by atoms with Crippen molar-refractivity contribution in [2.45, 2.75) is 44.7 Å². The molecule has 3 atom stereocenters. The van der Waals surface area contributed by atoms with Crippen LogP contribution in [0.15, 0.2) is 47.2 Å². The Balaban J connectivity index is 1.46. The van der Waals surface area contributed by atoms with Crippen LogP contribution in [0.5, 0.6) is 0 Å². The van der Waals surface area contributed by atoms with Crippen LogP contribution < -0.4 is 10.3 Å². The first-order valence-electron chi connectivity index (χ1n) is 12.4. The summed E-state index contributed by atoms with van der Waals surface area (Å²) in [5.74, 6) is -0.278. The Labute approximate surface area is 221 Å². The lowest BCUT2D eigenvalue weighted by Crippen LogP contribution is -2.49. The highest BCUT2D eigenvalue weighted by molar-refractivity contribution is 6.32. The number of carbonyl (C=O) groups is 2. The molecule has 37 heavy (non-hydrogen) atoms. The molecule has 1 aromatic carbocycles. The smallest absolute Gasteiger partial charge is 0.243 e. The molecule has 4 rings (SSSR count). The number of nitrogens with zero attached hydrogens (tertiary/aromatic N) is 5.